The Morgan fingerprint density at radius 3 is 2.85 bits per heavy atom. The number of pyridine rings is 1. The van der Waals surface area contributed by atoms with Gasteiger partial charge in [0.05, 0.1) is 5.56 Å². The molecule has 0 unspecified atom stereocenters. The van der Waals surface area contributed by atoms with Crippen molar-refractivity contribution in [2.24, 2.45) is 5.73 Å². The van der Waals surface area contributed by atoms with Gasteiger partial charge in [0.25, 0.3) is 5.91 Å². The first-order valence-electron chi connectivity index (χ1n) is 9.93. The molecule has 2 aromatic rings. The molecule has 1 aliphatic heterocycles. The largest absolute Gasteiger partial charge is 0.365 e. The van der Waals surface area contributed by atoms with E-state index in [1.807, 2.05) is 6.07 Å². The van der Waals surface area contributed by atoms with Crippen LogP contribution in [0.25, 0.3) is 0 Å². The number of carbonyl (C=O) groups excluding carboxylic acids is 1. The molecule has 1 fully saturated rings. The fourth-order valence-electron chi connectivity index (χ4n) is 4.39. The topological polar surface area (TPSA) is 62.5 Å². The van der Waals surface area contributed by atoms with Gasteiger partial charge in [0.15, 0.2) is 0 Å². The zero-order valence-electron chi connectivity index (χ0n) is 16.0. The number of hydrogen-bond acceptors (Lipinski definition) is 4. The zero-order chi connectivity index (χ0) is 18.8. The first-order valence-corrected chi connectivity index (χ1v) is 9.93. The Morgan fingerprint density at radius 2 is 2.07 bits per heavy atom. The highest BCUT2D eigenvalue weighted by atomic mass is 16.1. The number of fused-ring (bicyclic) bond motifs is 1. The highest BCUT2D eigenvalue weighted by Gasteiger charge is 2.28. The molecule has 0 radical (unpaired) electrons. The first-order chi connectivity index (χ1) is 13.1. The van der Waals surface area contributed by atoms with Gasteiger partial charge < -0.3 is 10.6 Å². The zero-order valence-corrected chi connectivity index (χ0v) is 16.0. The van der Waals surface area contributed by atoms with Crippen molar-refractivity contribution in [2.75, 3.05) is 25.0 Å². The number of aromatic nitrogens is 1. The van der Waals surface area contributed by atoms with Crippen molar-refractivity contribution in [3.8, 4) is 0 Å². The maximum atomic E-state index is 12.1. The molecule has 1 aromatic carbocycles. The summed E-state index contributed by atoms with van der Waals surface area (Å²) in [7, 11) is 2.19. The molecule has 1 aliphatic carbocycles. The standard InChI is InChI=1S/C22H28N4O/c1-25(14-16-7-3-2-4-8-16)18-10-6-12-26(15-18)22-19(21(23)27)13-17-9-5-11-20(17)24-22/h2-4,7-8,13,18H,5-6,9-12,14-15H2,1H3,(H2,23,27)/t18-/m0/s1. The lowest BCUT2D eigenvalue weighted by atomic mass is 10.0. The van der Waals surface area contributed by atoms with Crippen molar-refractivity contribution < 1.29 is 4.79 Å². The summed E-state index contributed by atoms with van der Waals surface area (Å²) in [5.41, 5.74) is 9.95. The van der Waals surface area contributed by atoms with E-state index < -0.39 is 0 Å². The van der Waals surface area contributed by atoms with Gasteiger partial charge in [-0.3, -0.25) is 9.69 Å². The minimum Gasteiger partial charge on any atom is -0.365 e. The van der Waals surface area contributed by atoms with Gasteiger partial charge >= 0.3 is 0 Å². The second kappa shape index (κ2) is 7.69. The Labute approximate surface area is 161 Å². The quantitative estimate of drug-likeness (QED) is 0.886. The Bertz CT molecular complexity index is 821. The van der Waals surface area contributed by atoms with Crippen LogP contribution in [0.3, 0.4) is 0 Å². The highest BCUT2D eigenvalue weighted by Crippen LogP contribution is 2.29. The maximum Gasteiger partial charge on any atom is 0.252 e. The van der Waals surface area contributed by atoms with E-state index >= 15 is 0 Å². The van der Waals surface area contributed by atoms with E-state index in [-0.39, 0.29) is 5.91 Å². The van der Waals surface area contributed by atoms with Crippen LogP contribution >= 0.6 is 0 Å². The molecule has 2 heterocycles. The lowest BCUT2D eigenvalue weighted by Gasteiger charge is -2.39. The summed E-state index contributed by atoms with van der Waals surface area (Å²) >= 11 is 0. The Kier molecular flexibility index (Phi) is 5.12. The van der Waals surface area contributed by atoms with Crippen LogP contribution in [0.1, 0.15) is 46.4 Å². The van der Waals surface area contributed by atoms with Crippen molar-refractivity contribution in [3.63, 3.8) is 0 Å². The molecule has 27 heavy (non-hydrogen) atoms. The molecule has 1 atom stereocenters. The van der Waals surface area contributed by atoms with Crippen LogP contribution in [0.5, 0.6) is 0 Å². The fraction of sp³-hybridized carbons (Fsp3) is 0.455. The van der Waals surface area contributed by atoms with Crippen molar-refractivity contribution >= 4 is 11.7 Å². The second-order valence-electron chi connectivity index (χ2n) is 7.83. The number of amides is 1. The Balaban J connectivity index is 1.54. The third-order valence-corrected chi connectivity index (χ3v) is 5.89. The number of anilines is 1. The van der Waals surface area contributed by atoms with Crippen LogP contribution < -0.4 is 10.6 Å². The van der Waals surface area contributed by atoms with E-state index in [0.29, 0.717) is 11.6 Å². The number of rotatable bonds is 5. The molecule has 0 saturated carbocycles. The number of benzene rings is 1. The number of nitrogens with two attached hydrogens (primary N) is 1. The van der Waals surface area contributed by atoms with Gasteiger partial charge in [-0.05, 0) is 56.3 Å². The smallest absolute Gasteiger partial charge is 0.252 e. The highest BCUT2D eigenvalue weighted by molar-refractivity contribution is 5.98. The number of likely N-dealkylation sites (N-methyl/N-ethyl adjacent to an activating group) is 1. The molecule has 1 saturated heterocycles. The van der Waals surface area contributed by atoms with E-state index in [0.717, 1.165) is 63.3 Å². The van der Waals surface area contributed by atoms with Gasteiger partial charge in [0.2, 0.25) is 0 Å². The third-order valence-electron chi connectivity index (χ3n) is 5.89. The van der Waals surface area contributed by atoms with Gasteiger partial charge in [0.1, 0.15) is 5.82 Å². The molecule has 2 aliphatic rings. The monoisotopic (exact) mass is 364 g/mol. The van der Waals surface area contributed by atoms with Crippen LogP contribution in [-0.4, -0.2) is 42.0 Å². The summed E-state index contributed by atoms with van der Waals surface area (Å²) in [5.74, 6) is 0.424. The number of carbonyl (C=O) groups is 1. The molecule has 0 spiro atoms. The molecule has 5 nitrogen and oxygen atoms in total. The molecule has 4 rings (SSSR count). The number of nitrogens with zero attached hydrogens (tertiary/aromatic N) is 3. The van der Waals surface area contributed by atoms with Crippen LogP contribution in [-0.2, 0) is 19.4 Å². The van der Waals surface area contributed by atoms with E-state index in [9.17, 15) is 4.79 Å². The average Bonchev–Trinajstić information content (AvgIpc) is 3.15. The first kappa shape index (κ1) is 18.0. The molecule has 0 bridgehead atoms. The summed E-state index contributed by atoms with van der Waals surface area (Å²) in [6, 6.07) is 13.0. The normalized spacial score (nSPS) is 19.3. The van der Waals surface area contributed by atoms with Crippen molar-refractivity contribution in [3.05, 3.63) is 58.8 Å². The Hall–Kier alpha value is -2.40. The summed E-state index contributed by atoms with van der Waals surface area (Å²) in [5, 5.41) is 0. The predicted octanol–water partition coefficient (Wildman–Crippen LogP) is 2.77. The summed E-state index contributed by atoms with van der Waals surface area (Å²) in [6.45, 7) is 2.75. The van der Waals surface area contributed by atoms with Crippen LogP contribution in [0.2, 0.25) is 0 Å². The summed E-state index contributed by atoms with van der Waals surface area (Å²) in [6.07, 6.45) is 5.39. The van der Waals surface area contributed by atoms with E-state index in [4.69, 9.17) is 10.7 Å². The van der Waals surface area contributed by atoms with Crippen LogP contribution in [0.15, 0.2) is 36.4 Å². The number of aryl methyl sites for hydroxylation is 2. The second-order valence-corrected chi connectivity index (χ2v) is 7.83. The van der Waals surface area contributed by atoms with Crippen molar-refractivity contribution in [1.82, 2.24) is 9.88 Å². The van der Waals surface area contributed by atoms with E-state index in [1.165, 1.54) is 11.1 Å². The van der Waals surface area contributed by atoms with Gasteiger partial charge in [0, 0.05) is 31.4 Å². The van der Waals surface area contributed by atoms with Crippen molar-refractivity contribution in [1.29, 1.82) is 0 Å². The molecular weight excluding hydrogens is 336 g/mol. The maximum absolute atomic E-state index is 12.1. The van der Waals surface area contributed by atoms with Gasteiger partial charge in [-0.25, -0.2) is 4.98 Å². The number of primary amides is 1. The van der Waals surface area contributed by atoms with Crippen LogP contribution in [0, 0.1) is 0 Å². The molecular formula is C22H28N4O. The van der Waals surface area contributed by atoms with Gasteiger partial charge in [-0.2, -0.15) is 0 Å². The molecule has 2 N–H and O–H groups in total. The SMILES string of the molecule is CN(Cc1ccccc1)[C@H]1CCCN(c2nc3c(cc2C(N)=O)CCC3)C1. The molecule has 142 valence electrons. The lowest BCUT2D eigenvalue weighted by Crippen LogP contribution is -2.47. The fourth-order valence-corrected chi connectivity index (χ4v) is 4.39. The average molecular weight is 364 g/mol. The summed E-state index contributed by atoms with van der Waals surface area (Å²) in [4.78, 5) is 21.6. The predicted molar refractivity (Wildman–Crippen MR) is 108 cm³/mol. The van der Waals surface area contributed by atoms with E-state index in [1.54, 1.807) is 0 Å². The minimum absolute atomic E-state index is 0.369. The number of hydrogen-bond donors (Lipinski definition) is 1. The molecule has 1 amide bonds. The molecule has 5 heteroatoms. The third kappa shape index (κ3) is 3.83. The van der Waals surface area contributed by atoms with Gasteiger partial charge in [-0.1, -0.05) is 30.3 Å². The number of piperidine rings is 1. The summed E-state index contributed by atoms with van der Waals surface area (Å²) < 4.78 is 0. The van der Waals surface area contributed by atoms with Crippen molar-refractivity contribution in [2.45, 2.75) is 44.7 Å². The van der Waals surface area contributed by atoms with Crippen LogP contribution in [0.4, 0.5) is 5.82 Å². The minimum atomic E-state index is -0.369. The molecule has 1 aromatic heterocycles. The van der Waals surface area contributed by atoms with E-state index in [2.05, 4.69) is 47.2 Å². The Morgan fingerprint density at radius 1 is 1.26 bits per heavy atom. The lowest BCUT2D eigenvalue weighted by molar-refractivity contribution is 0.1000. The van der Waals surface area contributed by atoms with Gasteiger partial charge in [-0.15, -0.1) is 0 Å².